The molecule has 1 aromatic heterocycles. The van der Waals surface area contributed by atoms with E-state index < -0.39 is 4.92 Å². The van der Waals surface area contributed by atoms with Gasteiger partial charge < -0.3 is 10.7 Å². The number of hydrazine groups is 1. The van der Waals surface area contributed by atoms with Crippen LogP contribution in [0.3, 0.4) is 0 Å². The van der Waals surface area contributed by atoms with Crippen LogP contribution in [0, 0.1) is 10.1 Å². The molecule has 1 aromatic rings. The lowest BCUT2D eigenvalue weighted by Crippen LogP contribution is -2.14. The number of aromatic nitrogens is 2. The molecule has 0 amide bonds. The van der Waals surface area contributed by atoms with Gasteiger partial charge in [-0.25, -0.2) is 15.8 Å². The number of nitro groups is 1. The zero-order valence-electron chi connectivity index (χ0n) is 8.93. The Bertz CT molecular complexity index is 370. The van der Waals surface area contributed by atoms with E-state index in [2.05, 4.69) is 20.7 Å². The third-order valence-corrected chi connectivity index (χ3v) is 1.96. The van der Waals surface area contributed by atoms with E-state index in [-0.39, 0.29) is 17.3 Å². The maximum absolute atomic E-state index is 10.8. The Kier molecular flexibility index (Phi) is 4.40. The van der Waals surface area contributed by atoms with Crippen LogP contribution in [-0.2, 0) is 0 Å². The molecule has 0 fully saturated rings. The fourth-order valence-electron chi connectivity index (χ4n) is 1.17. The molecular formula is C8H14N6O2. The number of anilines is 2. The van der Waals surface area contributed by atoms with Crippen molar-refractivity contribution < 1.29 is 4.92 Å². The molecule has 4 N–H and O–H groups in total. The number of nitrogens with one attached hydrogen (secondary N) is 2. The SMILES string of the molecule is CCCCNc1ncnc(NN)c1[N+](=O)[O-]. The van der Waals surface area contributed by atoms with Gasteiger partial charge in [-0.3, -0.25) is 10.1 Å². The van der Waals surface area contributed by atoms with Crippen LogP contribution in [0.5, 0.6) is 0 Å². The maximum atomic E-state index is 10.8. The van der Waals surface area contributed by atoms with Gasteiger partial charge >= 0.3 is 5.69 Å². The third kappa shape index (κ3) is 2.76. The lowest BCUT2D eigenvalue weighted by Gasteiger charge is -2.07. The highest BCUT2D eigenvalue weighted by Crippen LogP contribution is 2.27. The fourth-order valence-corrected chi connectivity index (χ4v) is 1.17. The van der Waals surface area contributed by atoms with Gasteiger partial charge in [-0.2, -0.15) is 0 Å². The van der Waals surface area contributed by atoms with Crippen LogP contribution in [0.2, 0.25) is 0 Å². The molecule has 88 valence electrons. The summed E-state index contributed by atoms with van der Waals surface area (Å²) >= 11 is 0. The number of hydrogen-bond acceptors (Lipinski definition) is 7. The predicted molar refractivity (Wildman–Crippen MR) is 59.9 cm³/mol. The van der Waals surface area contributed by atoms with Crippen LogP contribution in [0.1, 0.15) is 19.8 Å². The Balaban J connectivity index is 2.93. The van der Waals surface area contributed by atoms with Crippen molar-refractivity contribution in [1.29, 1.82) is 0 Å². The lowest BCUT2D eigenvalue weighted by molar-refractivity contribution is -0.383. The largest absolute Gasteiger partial charge is 0.364 e. The molecule has 0 saturated carbocycles. The van der Waals surface area contributed by atoms with Crippen molar-refractivity contribution in [1.82, 2.24) is 9.97 Å². The van der Waals surface area contributed by atoms with Crippen LogP contribution >= 0.6 is 0 Å². The second kappa shape index (κ2) is 5.81. The Morgan fingerprint density at radius 3 is 2.75 bits per heavy atom. The van der Waals surface area contributed by atoms with Gasteiger partial charge in [0.25, 0.3) is 0 Å². The topological polar surface area (TPSA) is 119 Å². The minimum atomic E-state index is -0.566. The normalized spacial score (nSPS) is 9.88. The number of rotatable bonds is 6. The highest BCUT2D eigenvalue weighted by Gasteiger charge is 2.21. The quantitative estimate of drug-likeness (QED) is 0.285. The smallest absolute Gasteiger partial charge is 0.354 e. The molecule has 8 nitrogen and oxygen atoms in total. The molecule has 0 bridgehead atoms. The van der Waals surface area contributed by atoms with Gasteiger partial charge in [-0.15, -0.1) is 0 Å². The summed E-state index contributed by atoms with van der Waals surface area (Å²) in [5.74, 6) is 5.32. The van der Waals surface area contributed by atoms with E-state index in [4.69, 9.17) is 5.84 Å². The first-order chi connectivity index (χ1) is 7.70. The van der Waals surface area contributed by atoms with Crippen LogP contribution < -0.4 is 16.6 Å². The van der Waals surface area contributed by atoms with Gasteiger partial charge in [-0.05, 0) is 6.42 Å². The number of nitrogens with two attached hydrogens (primary N) is 1. The Labute approximate surface area is 92.4 Å². The molecule has 0 aromatic carbocycles. The minimum Gasteiger partial charge on any atom is -0.364 e. The summed E-state index contributed by atoms with van der Waals surface area (Å²) in [5, 5.41) is 13.7. The van der Waals surface area contributed by atoms with E-state index in [9.17, 15) is 10.1 Å². The maximum Gasteiger partial charge on any atom is 0.354 e. The average molecular weight is 226 g/mol. The summed E-state index contributed by atoms with van der Waals surface area (Å²) in [6.07, 6.45) is 3.12. The van der Waals surface area contributed by atoms with Crippen molar-refractivity contribution in [2.24, 2.45) is 5.84 Å². The molecule has 1 rings (SSSR count). The van der Waals surface area contributed by atoms with Crippen molar-refractivity contribution in [2.75, 3.05) is 17.3 Å². The standard InChI is InChI=1S/C8H14N6O2/c1-2-3-4-10-7-6(14(15)16)8(13-9)12-5-11-7/h5H,2-4,9H2,1H3,(H2,10,11,12,13). The van der Waals surface area contributed by atoms with Gasteiger partial charge in [0, 0.05) is 6.54 Å². The molecule has 0 spiro atoms. The molecule has 0 atom stereocenters. The van der Waals surface area contributed by atoms with E-state index in [1.54, 1.807) is 0 Å². The molecule has 8 heteroatoms. The van der Waals surface area contributed by atoms with Crippen LogP contribution in [0.15, 0.2) is 6.33 Å². The Hall–Kier alpha value is -1.96. The number of hydrogen-bond donors (Lipinski definition) is 3. The van der Waals surface area contributed by atoms with E-state index in [0.717, 1.165) is 12.8 Å². The van der Waals surface area contributed by atoms with Gasteiger partial charge in [-0.1, -0.05) is 13.3 Å². The third-order valence-electron chi connectivity index (χ3n) is 1.96. The monoisotopic (exact) mass is 226 g/mol. The van der Waals surface area contributed by atoms with Gasteiger partial charge in [0.15, 0.2) is 0 Å². The molecular weight excluding hydrogens is 212 g/mol. The molecule has 0 aliphatic heterocycles. The molecule has 1 heterocycles. The first-order valence-electron chi connectivity index (χ1n) is 4.90. The number of nitrogens with zero attached hydrogens (tertiary/aromatic N) is 3. The summed E-state index contributed by atoms with van der Waals surface area (Å²) in [6.45, 7) is 2.65. The van der Waals surface area contributed by atoms with Crippen molar-refractivity contribution >= 4 is 17.3 Å². The number of nitrogen functional groups attached to an aromatic ring is 1. The van der Waals surface area contributed by atoms with Gasteiger partial charge in [0.05, 0.1) is 4.92 Å². The van der Waals surface area contributed by atoms with Gasteiger partial charge in [0.2, 0.25) is 11.6 Å². The molecule has 0 radical (unpaired) electrons. The second-order valence-corrected chi connectivity index (χ2v) is 3.10. The summed E-state index contributed by atoms with van der Waals surface area (Å²) in [5.41, 5.74) is 1.94. The van der Waals surface area contributed by atoms with Crippen molar-refractivity contribution in [3.05, 3.63) is 16.4 Å². The highest BCUT2D eigenvalue weighted by atomic mass is 16.6. The van der Waals surface area contributed by atoms with Crippen molar-refractivity contribution in [3.8, 4) is 0 Å². The summed E-state index contributed by atoms with van der Waals surface area (Å²) < 4.78 is 0. The van der Waals surface area contributed by atoms with E-state index in [0.29, 0.717) is 6.54 Å². The first kappa shape index (κ1) is 12.1. The average Bonchev–Trinajstić information content (AvgIpc) is 2.28. The van der Waals surface area contributed by atoms with E-state index in [1.807, 2.05) is 6.92 Å². The van der Waals surface area contributed by atoms with Crippen LogP contribution in [0.25, 0.3) is 0 Å². The molecule has 16 heavy (non-hydrogen) atoms. The van der Waals surface area contributed by atoms with E-state index in [1.165, 1.54) is 6.33 Å². The molecule has 0 aliphatic rings. The molecule has 0 unspecified atom stereocenters. The van der Waals surface area contributed by atoms with Crippen molar-refractivity contribution in [2.45, 2.75) is 19.8 Å². The summed E-state index contributed by atoms with van der Waals surface area (Å²) in [6, 6.07) is 0. The van der Waals surface area contributed by atoms with E-state index >= 15 is 0 Å². The van der Waals surface area contributed by atoms with Crippen molar-refractivity contribution in [3.63, 3.8) is 0 Å². The first-order valence-corrected chi connectivity index (χ1v) is 4.90. The van der Waals surface area contributed by atoms with Crippen LogP contribution in [-0.4, -0.2) is 21.4 Å². The fraction of sp³-hybridized carbons (Fsp3) is 0.500. The molecule has 0 saturated heterocycles. The zero-order chi connectivity index (χ0) is 12.0. The summed E-state index contributed by atoms with van der Waals surface area (Å²) in [4.78, 5) is 17.8. The molecule has 0 aliphatic carbocycles. The minimum absolute atomic E-state index is 0.000927. The highest BCUT2D eigenvalue weighted by molar-refractivity contribution is 5.68. The number of unbranched alkanes of at least 4 members (excludes halogenated alkanes) is 1. The van der Waals surface area contributed by atoms with Crippen LogP contribution in [0.4, 0.5) is 17.3 Å². The second-order valence-electron chi connectivity index (χ2n) is 3.10. The Morgan fingerprint density at radius 1 is 1.50 bits per heavy atom. The zero-order valence-corrected chi connectivity index (χ0v) is 8.93. The lowest BCUT2D eigenvalue weighted by atomic mass is 10.3. The Morgan fingerprint density at radius 2 is 2.19 bits per heavy atom. The predicted octanol–water partition coefficient (Wildman–Crippen LogP) is 0.882. The van der Waals surface area contributed by atoms with Gasteiger partial charge in [0.1, 0.15) is 6.33 Å². The summed E-state index contributed by atoms with van der Waals surface area (Å²) in [7, 11) is 0.